The minimum atomic E-state index is -0.972. The van der Waals surface area contributed by atoms with Crippen LogP contribution in [0.15, 0.2) is 22.0 Å². The maximum atomic E-state index is 10.5. The summed E-state index contributed by atoms with van der Waals surface area (Å²) >= 11 is 4.34. The lowest BCUT2D eigenvalue weighted by molar-refractivity contribution is 0.0683. The fourth-order valence-corrected chi connectivity index (χ4v) is 2.46. The molecule has 2 aromatic heterocycles. The van der Waals surface area contributed by atoms with Crippen LogP contribution in [0.25, 0.3) is 0 Å². The average Bonchev–Trinajstić information content (AvgIpc) is 2.92. The molecule has 0 aliphatic carbocycles. The average molecular weight is 377 g/mol. The van der Waals surface area contributed by atoms with Crippen LogP contribution in [0.2, 0.25) is 0 Å². The molecule has 0 saturated heterocycles. The lowest BCUT2D eigenvalue weighted by atomic mass is 10.4. The van der Waals surface area contributed by atoms with E-state index in [-0.39, 0.29) is 11.1 Å². The first-order valence-electron chi connectivity index (χ1n) is 5.49. The molecule has 0 amide bonds. The Bertz CT molecular complexity index is 667. The zero-order valence-corrected chi connectivity index (χ0v) is 13.8. The van der Waals surface area contributed by atoms with Crippen LogP contribution >= 0.6 is 27.7 Å². The number of thioether (sulfide) groups is 1. The van der Waals surface area contributed by atoms with Gasteiger partial charge in [0.2, 0.25) is 0 Å². The Morgan fingerprint density at radius 3 is 1.86 bits per heavy atom. The van der Waals surface area contributed by atoms with Gasteiger partial charge in [0.25, 0.3) is 0 Å². The van der Waals surface area contributed by atoms with Gasteiger partial charge < -0.3 is 10.2 Å². The zero-order valence-electron chi connectivity index (χ0n) is 11.4. The number of nitrogens with zero attached hydrogens (tertiary/aromatic N) is 4. The molecule has 0 aliphatic heterocycles. The molecule has 0 saturated carbocycles. The van der Waals surface area contributed by atoms with Crippen molar-refractivity contribution in [3.05, 3.63) is 28.1 Å². The Balaban J connectivity index is 0.000000211. The normalized spacial score (nSPS) is 9.90. The number of hydrogen-bond acceptors (Lipinski definition) is 5. The second kappa shape index (κ2) is 7.27. The SMILES string of the molecule is CSc1nn(C)cc1C(=O)O.Cn1cc(C(=O)O)c(Br)n1. The van der Waals surface area contributed by atoms with Crippen LogP contribution in [0, 0.1) is 0 Å². The van der Waals surface area contributed by atoms with E-state index < -0.39 is 11.9 Å². The molecular formula is C11H13BrN4O4S. The van der Waals surface area contributed by atoms with Crippen LogP contribution in [0.4, 0.5) is 0 Å². The topological polar surface area (TPSA) is 110 Å². The van der Waals surface area contributed by atoms with Crippen LogP contribution in [0.5, 0.6) is 0 Å². The van der Waals surface area contributed by atoms with Crippen LogP contribution in [0.3, 0.4) is 0 Å². The number of aryl methyl sites for hydroxylation is 2. The van der Waals surface area contributed by atoms with Crippen LogP contribution < -0.4 is 0 Å². The highest BCUT2D eigenvalue weighted by molar-refractivity contribution is 9.10. The van der Waals surface area contributed by atoms with E-state index in [4.69, 9.17) is 10.2 Å². The molecule has 2 N–H and O–H groups in total. The summed E-state index contributed by atoms with van der Waals surface area (Å²) in [5.41, 5.74) is 0.447. The van der Waals surface area contributed by atoms with Crippen LogP contribution in [-0.2, 0) is 14.1 Å². The van der Waals surface area contributed by atoms with Crippen molar-refractivity contribution in [1.29, 1.82) is 0 Å². The van der Waals surface area contributed by atoms with Crippen LogP contribution in [-0.4, -0.2) is 48.0 Å². The van der Waals surface area contributed by atoms with Gasteiger partial charge in [-0.1, -0.05) is 0 Å². The van der Waals surface area contributed by atoms with Crippen molar-refractivity contribution in [1.82, 2.24) is 19.6 Å². The molecule has 0 unspecified atom stereocenters. The second-order valence-corrected chi connectivity index (χ2v) is 5.39. The third-order valence-electron chi connectivity index (χ3n) is 2.23. The first-order chi connectivity index (χ1) is 9.76. The molecule has 114 valence electrons. The van der Waals surface area contributed by atoms with Gasteiger partial charge >= 0.3 is 11.9 Å². The highest BCUT2D eigenvalue weighted by Crippen LogP contribution is 2.17. The van der Waals surface area contributed by atoms with E-state index in [0.717, 1.165) is 0 Å². The van der Waals surface area contributed by atoms with E-state index in [9.17, 15) is 9.59 Å². The number of aromatic nitrogens is 4. The fourth-order valence-electron chi connectivity index (χ4n) is 1.37. The molecule has 2 aromatic rings. The van der Waals surface area contributed by atoms with Gasteiger partial charge in [-0.25, -0.2) is 9.59 Å². The van der Waals surface area contributed by atoms with E-state index in [1.54, 1.807) is 20.4 Å². The smallest absolute Gasteiger partial charge is 0.340 e. The Hall–Kier alpha value is -1.81. The van der Waals surface area contributed by atoms with E-state index in [1.807, 2.05) is 0 Å². The predicted octanol–water partition coefficient (Wildman–Crippen LogP) is 1.72. The van der Waals surface area contributed by atoms with Gasteiger partial charge in [0.15, 0.2) is 0 Å². The summed E-state index contributed by atoms with van der Waals surface area (Å²) in [6.07, 6.45) is 4.73. The maximum Gasteiger partial charge on any atom is 0.340 e. The standard InChI is InChI=1S/C6H8N2O2S.C5H5BrN2O2/c1-8-3-4(6(9)10)5(7-8)11-2;1-8-2-3(5(9)10)4(6)7-8/h3H,1-2H3,(H,9,10);2H,1H3,(H,9,10). The number of rotatable bonds is 3. The summed E-state index contributed by atoms with van der Waals surface area (Å²) in [7, 11) is 3.36. The minimum absolute atomic E-state index is 0.183. The lowest BCUT2D eigenvalue weighted by Crippen LogP contribution is -1.95. The van der Waals surface area contributed by atoms with Crippen molar-refractivity contribution in [2.75, 3.05) is 6.26 Å². The summed E-state index contributed by atoms with van der Waals surface area (Å²) in [5.74, 6) is -1.90. The molecule has 0 bridgehead atoms. The molecule has 2 heterocycles. The molecule has 0 aliphatic rings. The third-order valence-corrected chi connectivity index (χ3v) is 3.51. The largest absolute Gasteiger partial charge is 0.478 e. The van der Waals surface area contributed by atoms with Crippen molar-refractivity contribution in [3.63, 3.8) is 0 Å². The first-order valence-corrected chi connectivity index (χ1v) is 7.51. The summed E-state index contributed by atoms with van der Waals surface area (Å²) < 4.78 is 3.30. The number of carbonyl (C=O) groups is 2. The zero-order chi connectivity index (χ0) is 16.2. The fraction of sp³-hybridized carbons (Fsp3) is 0.273. The molecule has 0 spiro atoms. The highest BCUT2D eigenvalue weighted by atomic mass is 79.9. The van der Waals surface area contributed by atoms with Gasteiger partial charge in [-0.05, 0) is 22.2 Å². The molecule has 0 aromatic carbocycles. The Kier molecular flexibility index (Phi) is 5.97. The van der Waals surface area contributed by atoms with E-state index in [1.165, 1.54) is 33.5 Å². The number of aromatic carboxylic acids is 2. The monoisotopic (exact) mass is 376 g/mol. The van der Waals surface area contributed by atoms with Gasteiger partial charge in [-0.2, -0.15) is 10.2 Å². The van der Waals surface area contributed by atoms with Crippen molar-refractivity contribution in [2.24, 2.45) is 14.1 Å². The number of carboxylic acids is 2. The lowest BCUT2D eigenvalue weighted by Gasteiger charge is -1.88. The molecule has 0 fully saturated rings. The highest BCUT2D eigenvalue weighted by Gasteiger charge is 2.12. The molecule has 2 rings (SSSR count). The molecule has 0 radical (unpaired) electrons. The molecular weight excluding hydrogens is 364 g/mol. The maximum absolute atomic E-state index is 10.5. The van der Waals surface area contributed by atoms with Crippen molar-refractivity contribution in [2.45, 2.75) is 5.03 Å². The second-order valence-electron chi connectivity index (χ2n) is 3.84. The van der Waals surface area contributed by atoms with E-state index in [2.05, 4.69) is 26.1 Å². The van der Waals surface area contributed by atoms with Gasteiger partial charge in [0.05, 0.1) is 0 Å². The van der Waals surface area contributed by atoms with Crippen LogP contribution in [0.1, 0.15) is 20.7 Å². The van der Waals surface area contributed by atoms with Gasteiger partial charge in [0.1, 0.15) is 20.8 Å². The Labute approximate surface area is 132 Å². The number of carboxylic acid groups (broad SMARTS) is 2. The number of halogens is 1. The van der Waals surface area contributed by atoms with Gasteiger partial charge in [-0.15, -0.1) is 11.8 Å². The van der Waals surface area contributed by atoms with E-state index >= 15 is 0 Å². The molecule has 8 nitrogen and oxygen atoms in total. The van der Waals surface area contributed by atoms with Gasteiger partial charge in [0, 0.05) is 26.5 Å². The van der Waals surface area contributed by atoms with Crippen molar-refractivity contribution in [3.8, 4) is 0 Å². The third kappa shape index (κ3) is 4.60. The molecule has 10 heteroatoms. The quantitative estimate of drug-likeness (QED) is 0.784. The molecule has 0 atom stereocenters. The summed E-state index contributed by atoms with van der Waals surface area (Å²) in [5, 5.41) is 25.4. The Morgan fingerprint density at radius 1 is 1.10 bits per heavy atom. The summed E-state index contributed by atoms with van der Waals surface area (Å²) in [6, 6.07) is 0. The van der Waals surface area contributed by atoms with Crippen molar-refractivity contribution < 1.29 is 19.8 Å². The molecule has 21 heavy (non-hydrogen) atoms. The number of hydrogen-bond donors (Lipinski definition) is 2. The van der Waals surface area contributed by atoms with E-state index in [0.29, 0.717) is 9.63 Å². The Morgan fingerprint density at radius 2 is 1.57 bits per heavy atom. The summed E-state index contributed by atoms with van der Waals surface area (Å²) in [4.78, 5) is 20.9. The van der Waals surface area contributed by atoms with Gasteiger partial charge in [-0.3, -0.25) is 9.36 Å². The predicted molar refractivity (Wildman–Crippen MR) is 79.8 cm³/mol. The first kappa shape index (κ1) is 17.2. The van der Waals surface area contributed by atoms with Crippen molar-refractivity contribution >= 4 is 39.6 Å². The summed E-state index contributed by atoms with van der Waals surface area (Å²) in [6.45, 7) is 0. The minimum Gasteiger partial charge on any atom is -0.478 e.